The van der Waals surface area contributed by atoms with Crippen molar-refractivity contribution < 1.29 is 30.8 Å². The molecule has 6 nitrogen and oxygen atoms in total. The molecule has 1 amide bonds. The number of piperidine rings is 1. The van der Waals surface area contributed by atoms with Gasteiger partial charge in [-0.3, -0.25) is 9.79 Å². The lowest BCUT2D eigenvalue weighted by atomic mass is 9.86. The van der Waals surface area contributed by atoms with Crippen molar-refractivity contribution in [3.8, 4) is 0 Å². The van der Waals surface area contributed by atoms with E-state index in [9.17, 15) is 30.8 Å². The first kappa shape index (κ1) is 22.9. The normalized spacial score (nSPS) is 21.0. The SMILES string of the molecule is CS(=O)(=O)N1CCC2=C(C1)C(C(=O)N1CCC(c3cccc(F)c3C(F)(F)F)CC1)=NC2. The summed E-state index contributed by atoms with van der Waals surface area (Å²) in [7, 11) is -3.40. The zero-order valence-electron chi connectivity index (χ0n) is 17.5. The van der Waals surface area contributed by atoms with Crippen LogP contribution in [0, 0.1) is 5.82 Å². The van der Waals surface area contributed by atoms with Crippen molar-refractivity contribution >= 4 is 21.6 Å². The first-order valence-electron chi connectivity index (χ1n) is 10.3. The summed E-state index contributed by atoms with van der Waals surface area (Å²) in [6.45, 7) is 1.26. The van der Waals surface area contributed by atoms with Gasteiger partial charge in [0.05, 0.1) is 18.4 Å². The number of benzene rings is 1. The summed E-state index contributed by atoms with van der Waals surface area (Å²) < 4.78 is 79.2. The third-order valence-electron chi connectivity index (χ3n) is 6.36. The predicted molar refractivity (Wildman–Crippen MR) is 110 cm³/mol. The van der Waals surface area contributed by atoms with Crippen molar-refractivity contribution in [3.05, 3.63) is 46.3 Å². The lowest BCUT2D eigenvalue weighted by Crippen LogP contribution is -2.44. The second-order valence-electron chi connectivity index (χ2n) is 8.36. The fourth-order valence-corrected chi connectivity index (χ4v) is 5.45. The maximum absolute atomic E-state index is 13.9. The van der Waals surface area contributed by atoms with Gasteiger partial charge in [-0.05, 0) is 48.0 Å². The molecular formula is C21H23F4N3O3S. The van der Waals surface area contributed by atoms with E-state index in [4.69, 9.17) is 0 Å². The molecule has 0 atom stereocenters. The summed E-state index contributed by atoms with van der Waals surface area (Å²) >= 11 is 0. The molecule has 3 aliphatic rings. The van der Waals surface area contributed by atoms with Crippen molar-refractivity contribution in [1.29, 1.82) is 0 Å². The molecule has 0 saturated carbocycles. The molecule has 0 spiro atoms. The molecule has 1 aromatic carbocycles. The maximum Gasteiger partial charge on any atom is 0.419 e. The van der Waals surface area contributed by atoms with Gasteiger partial charge in [0.1, 0.15) is 11.5 Å². The van der Waals surface area contributed by atoms with Crippen LogP contribution in [0.1, 0.15) is 36.3 Å². The molecule has 4 rings (SSSR count). The van der Waals surface area contributed by atoms with Crippen LogP contribution in [0.4, 0.5) is 17.6 Å². The third kappa shape index (κ3) is 4.32. The van der Waals surface area contributed by atoms with Crippen molar-refractivity contribution in [2.45, 2.75) is 31.4 Å². The van der Waals surface area contributed by atoms with Gasteiger partial charge in [0, 0.05) is 26.2 Å². The largest absolute Gasteiger partial charge is 0.419 e. The van der Waals surface area contributed by atoms with Gasteiger partial charge in [-0.1, -0.05) is 12.1 Å². The van der Waals surface area contributed by atoms with Crippen LogP contribution in [-0.2, 0) is 21.0 Å². The third-order valence-corrected chi connectivity index (χ3v) is 7.61. The Balaban J connectivity index is 1.47. The molecule has 0 aromatic heterocycles. The lowest BCUT2D eigenvalue weighted by molar-refractivity contribution is -0.141. The van der Waals surface area contributed by atoms with Gasteiger partial charge in [-0.15, -0.1) is 0 Å². The molecular weight excluding hydrogens is 450 g/mol. The number of hydrogen-bond donors (Lipinski definition) is 0. The van der Waals surface area contributed by atoms with E-state index in [1.165, 1.54) is 21.3 Å². The van der Waals surface area contributed by atoms with E-state index in [0.29, 0.717) is 25.1 Å². The van der Waals surface area contributed by atoms with Crippen LogP contribution in [0.3, 0.4) is 0 Å². The first-order chi connectivity index (χ1) is 15.0. The van der Waals surface area contributed by atoms with Gasteiger partial charge in [0.15, 0.2) is 0 Å². The van der Waals surface area contributed by atoms with Crippen molar-refractivity contribution in [2.75, 3.05) is 39.0 Å². The highest BCUT2D eigenvalue weighted by molar-refractivity contribution is 7.88. The molecule has 32 heavy (non-hydrogen) atoms. The summed E-state index contributed by atoms with van der Waals surface area (Å²) in [5, 5.41) is 0. The standard InChI is InChI=1S/C21H23F4N3O3S/c1-32(30,31)28-10-7-14-11-26-19(16(14)12-28)20(29)27-8-5-13(6-9-27)15-3-2-4-17(22)18(15)21(23,24)25/h2-4,13H,5-12H2,1H3. The van der Waals surface area contributed by atoms with Crippen LogP contribution in [-0.4, -0.2) is 68.2 Å². The number of likely N-dealkylation sites (tertiary alicyclic amines) is 1. The maximum atomic E-state index is 13.9. The van der Waals surface area contributed by atoms with Crippen LogP contribution in [0.2, 0.25) is 0 Å². The minimum Gasteiger partial charge on any atom is -0.337 e. The minimum absolute atomic E-state index is 0.0797. The molecule has 0 bridgehead atoms. The number of alkyl halides is 3. The highest BCUT2D eigenvalue weighted by Crippen LogP contribution is 2.40. The summed E-state index contributed by atoms with van der Waals surface area (Å²) in [4.78, 5) is 19.0. The van der Waals surface area contributed by atoms with Gasteiger partial charge < -0.3 is 4.90 Å². The van der Waals surface area contributed by atoms with E-state index < -0.39 is 33.5 Å². The van der Waals surface area contributed by atoms with Crippen LogP contribution >= 0.6 is 0 Å². The van der Waals surface area contributed by atoms with Crippen LogP contribution in [0.25, 0.3) is 0 Å². The second kappa shape index (κ2) is 8.26. The molecule has 3 aliphatic heterocycles. The fraction of sp³-hybridized carbons (Fsp3) is 0.524. The van der Waals surface area contributed by atoms with Gasteiger partial charge in [-0.2, -0.15) is 17.5 Å². The van der Waals surface area contributed by atoms with Crippen molar-refractivity contribution in [1.82, 2.24) is 9.21 Å². The molecule has 0 N–H and O–H groups in total. The van der Waals surface area contributed by atoms with Crippen LogP contribution in [0.15, 0.2) is 34.3 Å². The summed E-state index contributed by atoms with van der Waals surface area (Å²) in [6, 6.07) is 3.38. The highest BCUT2D eigenvalue weighted by Gasteiger charge is 2.40. The topological polar surface area (TPSA) is 70.1 Å². The van der Waals surface area contributed by atoms with E-state index in [0.717, 1.165) is 17.9 Å². The Morgan fingerprint density at radius 1 is 1.16 bits per heavy atom. The Kier molecular flexibility index (Phi) is 5.91. The molecule has 0 aliphatic carbocycles. The molecule has 11 heteroatoms. The quantitative estimate of drug-likeness (QED) is 0.634. The zero-order chi connectivity index (χ0) is 23.3. The van der Waals surface area contributed by atoms with E-state index in [1.807, 2.05) is 0 Å². The lowest BCUT2D eigenvalue weighted by Gasteiger charge is -2.34. The van der Waals surface area contributed by atoms with E-state index in [1.54, 1.807) is 0 Å². The monoisotopic (exact) mass is 473 g/mol. The minimum atomic E-state index is -4.79. The Hall–Kier alpha value is -2.27. The van der Waals surface area contributed by atoms with Gasteiger partial charge in [-0.25, -0.2) is 12.8 Å². The molecule has 1 saturated heterocycles. The molecule has 174 valence electrons. The van der Waals surface area contributed by atoms with E-state index in [-0.39, 0.29) is 49.7 Å². The summed E-state index contributed by atoms with van der Waals surface area (Å²) in [5.41, 5.74) is 0.524. The molecule has 1 aromatic rings. The van der Waals surface area contributed by atoms with Crippen LogP contribution in [0.5, 0.6) is 0 Å². The van der Waals surface area contributed by atoms with Crippen molar-refractivity contribution in [3.63, 3.8) is 0 Å². The zero-order valence-corrected chi connectivity index (χ0v) is 18.3. The molecule has 1 fully saturated rings. The van der Waals surface area contributed by atoms with E-state index >= 15 is 0 Å². The number of rotatable bonds is 3. The number of carbonyl (C=O) groups is 1. The average molecular weight is 473 g/mol. The molecule has 0 radical (unpaired) electrons. The molecule has 3 heterocycles. The smallest absolute Gasteiger partial charge is 0.337 e. The average Bonchev–Trinajstić information content (AvgIpc) is 3.15. The van der Waals surface area contributed by atoms with Gasteiger partial charge in [0.2, 0.25) is 10.0 Å². The number of amides is 1. The predicted octanol–water partition coefficient (Wildman–Crippen LogP) is 2.97. The Morgan fingerprint density at radius 3 is 2.47 bits per heavy atom. The Labute approximate surface area is 183 Å². The number of nitrogens with zero attached hydrogens (tertiary/aromatic N) is 3. The number of halogens is 4. The number of carbonyl (C=O) groups excluding carboxylic acids is 1. The number of sulfonamides is 1. The van der Waals surface area contributed by atoms with Crippen molar-refractivity contribution in [2.24, 2.45) is 4.99 Å². The first-order valence-corrected chi connectivity index (χ1v) is 12.2. The van der Waals surface area contributed by atoms with Gasteiger partial charge >= 0.3 is 6.18 Å². The number of hydrogen-bond acceptors (Lipinski definition) is 4. The molecule has 0 unspecified atom stereocenters. The summed E-state index contributed by atoms with van der Waals surface area (Å²) in [6.07, 6.45) is -2.61. The second-order valence-corrected chi connectivity index (χ2v) is 10.3. The Morgan fingerprint density at radius 2 is 1.84 bits per heavy atom. The number of aliphatic imine (C=N–C) groups is 1. The summed E-state index contributed by atoms with van der Waals surface area (Å²) in [5.74, 6) is -2.14. The van der Waals surface area contributed by atoms with Crippen LogP contribution < -0.4 is 0 Å². The Bertz CT molecular complexity index is 1100. The highest BCUT2D eigenvalue weighted by atomic mass is 32.2. The van der Waals surface area contributed by atoms with E-state index in [2.05, 4.69) is 4.99 Å². The van der Waals surface area contributed by atoms with Gasteiger partial charge in [0.25, 0.3) is 5.91 Å². The fourth-order valence-electron chi connectivity index (χ4n) is 4.67.